The molecule has 2 amide bonds. The van der Waals surface area contributed by atoms with Crippen molar-refractivity contribution in [1.82, 2.24) is 4.90 Å². The number of fused-ring (bicyclic) bond motifs is 1. The van der Waals surface area contributed by atoms with Crippen LogP contribution < -0.4 is 4.74 Å². The van der Waals surface area contributed by atoms with Crippen molar-refractivity contribution in [3.8, 4) is 5.75 Å². The molecule has 0 unspecified atom stereocenters. The summed E-state index contributed by atoms with van der Waals surface area (Å²) < 4.78 is 12.1. The number of halogens is 2. The van der Waals surface area contributed by atoms with E-state index in [4.69, 9.17) is 9.47 Å². The Morgan fingerprint density at radius 2 is 1.59 bits per heavy atom. The summed E-state index contributed by atoms with van der Waals surface area (Å²) in [5.41, 5.74) is 0.775. The van der Waals surface area contributed by atoms with Crippen LogP contribution >= 0.6 is 31.9 Å². The Labute approximate surface area is 172 Å². The van der Waals surface area contributed by atoms with E-state index in [0.29, 0.717) is 23.3 Å². The Bertz CT molecular complexity index is 882. The van der Waals surface area contributed by atoms with Crippen LogP contribution in [-0.4, -0.2) is 42.4 Å². The first-order valence-corrected chi connectivity index (χ1v) is 9.74. The van der Waals surface area contributed by atoms with Gasteiger partial charge in [-0.2, -0.15) is 0 Å². The SMILES string of the molecule is O=C(COc1ccc(Br)cc1)OCCCN1C(=O)c2ccc(Br)cc2C1=O. The van der Waals surface area contributed by atoms with Gasteiger partial charge in [0, 0.05) is 15.5 Å². The summed E-state index contributed by atoms with van der Waals surface area (Å²) in [7, 11) is 0. The van der Waals surface area contributed by atoms with Crippen LogP contribution in [0.1, 0.15) is 27.1 Å². The van der Waals surface area contributed by atoms with Crippen LogP contribution in [0.4, 0.5) is 0 Å². The second-order valence-corrected chi connectivity index (χ2v) is 7.60. The van der Waals surface area contributed by atoms with Gasteiger partial charge < -0.3 is 9.47 Å². The second-order valence-electron chi connectivity index (χ2n) is 5.77. The molecule has 0 radical (unpaired) electrons. The molecule has 2 aromatic rings. The zero-order chi connectivity index (χ0) is 19.4. The average Bonchev–Trinajstić information content (AvgIpc) is 2.88. The maximum Gasteiger partial charge on any atom is 0.344 e. The van der Waals surface area contributed by atoms with E-state index in [0.717, 1.165) is 8.95 Å². The molecule has 0 aromatic heterocycles. The van der Waals surface area contributed by atoms with Gasteiger partial charge in [0.15, 0.2) is 6.61 Å². The average molecular weight is 497 g/mol. The summed E-state index contributed by atoms with van der Waals surface area (Å²) in [6.45, 7) is 0.0765. The van der Waals surface area contributed by atoms with Crippen LogP contribution in [0.15, 0.2) is 51.4 Å². The molecule has 0 spiro atoms. The third-order valence-corrected chi connectivity index (χ3v) is 4.91. The van der Waals surface area contributed by atoms with Gasteiger partial charge in [-0.3, -0.25) is 14.5 Å². The number of carbonyl (C=O) groups is 3. The molecule has 0 aliphatic carbocycles. The summed E-state index contributed by atoms with van der Waals surface area (Å²) in [6, 6.07) is 12.1. The molecule has 6 nitrogen and oxygen atoms in total. The molecule has 140 valence electrons. The Morgan fingerprint density at radius 1 is 0.926 bits per heavy atom. The number of amides is 2. The van der Waals surface area contributed by atoms with Crippen molar-refractivity contribution in [2.45, 2.75) is 6.42 Å². The molecule has 0 N–H and O–H groups in total. The molecule has 27 heavy (non-hydrogen) atoms. The van der Waals surface area contributed by atoms with Crippen molar-refractivity contribution in [2.75, 3.05) is 19.8 Å². The van der Waals surface area contributed by atoms with E-state index >= 15 is 0 Å². The zero-order valence-electron chi connectivity index (χ0n) is 14.1. The standard InChI is InChI=1S/C19H15Br2NO5/c20-12-2-5-14(6-3-12)27-11-17(23)26-9-1-8-22-18(24)15-7-4-13(21)10-16(15)19(22)25/h2-7,10H,1,8-9,11H2. The number of benzene rings is 2. The van der Waals surface area contributed by atoms with E-state index in [-0.39, 0.29) is 31.6 Å². The molecule has 8 heteroatoms. The minimum atomic E-state index is -0.510. The third-order valence-electron chi connectivity index (χ3n) is 3.89. The van der Waals surface area contributed by atoms with Gasteiger partial charge >= 0.3 is 5.97 Å². The molecule has 0 saturated heterocycles. The number of carbonyl (C=O) groups excluding carboxylic acids is 3. The Balaban J connectivity index is 1.41. The van der Waals surface area contributed by atoms with Crippen molar-refractivity contribution in [3.63, 3.8) is 0 Å². The van der Waals surface area contributed by atoms with E-state index in [1.165, 1.54) is 4.90 Å². The topological polar surface area (TPSA) is 72.9 Å². The monoisotopic (exact) mass is 495 g/mol. The van der Waals surface area contributed by atoms with Crippen LogP contribution in [0, 0.1) is 0 Å². The van der Waals surface area contributed by atoms with Crippen LogP contribution in [0.3, 0.4) is 0 Å². The molecular weight excluding hydrogens is 482 g/mol. The van der Waals surface area contributed by atoms with Crippen LogP contribution in [-0.2, 0) is 9.53 Å². The fourth-order valence-electron chi connectivity index (χ4n) is 2.59. The zero-order valence-corrected chi connectivity index (χ0v) is 17.3. The number of imide groups is 1. The molecule has 0 atom stereocenters. The smallest absolute Gasteiger partial charge is 0.344 e. The summed E-state index contributed by atoms with van der Waals surface area (Å²) >= 11 is 6.61. The minimum absolute atomic E-state index is 0.0969. The van der Waals surface area contributed by atoms with Gasteiger partial charge in [-0.15, -0.1) is 0 Å². The van der Waals surface area contributed by atoms with Gasteiger partial charge in [-0.05, 0) is 48.9 Å². The van der Waals surface area contributed by atoms with Crippen molar-refractivity contribution in [1.29, 1.82) is 0 Å². The second kappa shape index (κ2) is 8.67. The molecule has 1 aliphatic rings. The Morgan fingerprint density at radius 3 is 2.33 bits per heavy atom. The van der Waals surface area contributed by atoms with Crippen molar-refractivity contribution in [2.24, 2.45) is 0 Å². The van der Waals surface area contributed by atoms with Crippen molar-refractivity contribution >= 4 is 49.6 Å². The molecule has 0 bridgehead atoms. The maximum atomic E-state index is 12.3. The lowest BCUT2D eigenvalue weighted by molar-refractivity contribution is -0.146. The fraction of sp³-hybridized carbons (Fsp3) is 0.211. The number of hydrogen-bond donors (Lipinski definition) is 0. The summed E-state index contributed by atoms with van der Waals surface area (Å²) in [5.74, 6) is -0.606. The number of rotatable bonds is 7. The first-order chi connectivity index (χ1) is 13.0. The molecule has 2 aromatic carbocycles. The van der Waals surface area contributed by atoms with Crippen LogP contribution in [0.2, 0.25) is 0 Å². The van der Waals surface area contributed by atoms with Gasteiger partial charge in [-0.25, -0.2) is 4.79 Å². The maximum absolute atomic E-state index is 12.3. The number of nitrogens with zero attached hydrogens (tertiary/aromatic N) is 1. The number of esters is 1. The molecule has 3 rings (SSSR count). The lowest BCUT2D eigenvalue weighted by Gasteiger charge is -2.13. The summed E-state index contributed by atoms with van der Waals surface area (Å²) in [6.07, 6.45) is 0.358. The van der Waals surface area contributed by atoms with Gasteiger partial charge in [-0.1, -0.05) is 31.9 Å². The highest BCUT2D eigenvalue weighted by Crippen LogP contribution is 2.26. The van der Waals surface area contributed by atoms with Gasteiger partial charge in [0.2, 0.25) is 0 Å². The Kier molecular flexibility index (Phi) is 6.28. The third kappa shape index (κ3) is 4.75. The van der Waals surface area contributed by atoms with E-state index in [1.54, 1.807) is 42.5 Å². The molecule has 1 heterocycles. The van der Waals surface area contributed by atoms with Crippen LogP contribution in [0.5, 0.6) is 5.75 Å². The largest absolute Gasteiger partial charge is 0.482 e. The van der Waals surface area contributed by atoms with Gasteiger partial charge in [0.1, 0.15) is 5.75 Å². The predicted octanol–water partition coefficient (Wildman–Crippen LogP) is 3.82. The van der Waals surface area contributed by atoms with Crippen molar-refractivity contribution in [3.05, 3.63) is 62.5 Å². The summed E-state index contributed by atoms with van der Waals surface area (Å²) in [5, 5.41) is 0. The van der Waals surface area contributed by atoms with Gasteiger partial charge in [0.05, 0.1) is 17.7 Å². The first-order valence-electron chi connectivity index (χ1n) is 8.15. The molecular formula is C19H15Br2NO5. The molecule has 0 fully saturated rings. The van der Waals surface area contributed by atoms with Crippen molar-refractivity contribution < 1.29 is 23.9 Å². The van der Waals surface area contributed by atoms with Crippen LogP contribution in [0.25, 0.3) is 0 Å². The Hall–Kier alpha value is -2.19. The highest BCUT2D eigenvalue weighted by atomic mass is 79.9. The van der Waals surface area contributed by atoms with E-state index in [9.17, 15) is 14.4 Å². The fourth-order valence-corrected chi connectivity index (χ4v) is 3.21. The van der Waals surface area contributed by atoms with E-state index in [2.05, 4.69) is 31.9 Å². The molecule has 1 aliphatic heterocycles. The van der Waals surface area contributed by atoms with E-state index < -0.39 is 5.97 Å². The van der Waals surface area contributed by atoms with E-state index in [1.807, 2.05) is 0 Å². The lowest BCUT2D eigenvalue weighted by Crippen LogP contribution is -2.31. The predicted molar refractivity (Wildman–Crippen MR) is 105 cm³/mol. The molecule has 0 saturated carbocycles. The summed E-state index contributed by atoms with van der Waals surface area (Å²) in [4.78, 5) is 37.5. The highest BCUT2D eigenvalue weighted by molar-refractivity contribution is 9.10. The van der Waals surface area contributed by atoms with Gasteiger partial charge in [0.25, 0.3) is 11.8 Å². The normalized spacial score (nSPS) is 12.9. The number of ether oxygens (including phenoxy) is 2. The lowest BCUT2D eigenvalue weighted by atomic mass is 10.1. The number of hydrogen-bond acceptors (Lipinski definition) is 5. The minimum Gasteiger partial charge on any atom is -0.482 e. The highest BCUT2D eigenvalue weighted by Gasteiger charge is 2.35. The first kappa shape index (κ1) is 19.6. The quantitative estimate of drug-likeness (QED) is 0.331.